The number of anilines is 3. The number of nitrogens with zero attached hydrogens (tertiary/aromatic N) is 1. The van der Waals surface area contributed by atoms with Crippen LogP contribution in [-0.2, 0) is 0 Å². The van der Waals surface area contributed by atoms with Crippen LogP contribution < -0.4 is 4.90 Å². The quantitative estimate of drug-likeness (QED) is 0.178. The average molecular weight is 718 g/mol. The maximum Gasteiger partial charge on any atom is 0.159 e. The summed E-state index contributed by atoms with van der Waals surface area (Å²) in [4.78, 5) is 2.31. The summed E-state index contributed by atoms with van der Waals surface area (Å²) in [5, 5.41) is 8.74. The minimum Gasteiger partial charge on any atom is -0.456 e. The van der Waals surface area contributed by atoms with E-state index in [2.05, 4.69) is 157 Å². The van der Waals surface area contributed by atoms with Crippen LogP contribution in [0.15, 0.2) is 201 Å². The third-order valence-electron chi connectivity index (χ3n) is 11.3. The molecule has 0 aliphatic carbocycles. The van der Waals surface area contributed by atoms with Crippen molar-refractivity contribution in [2.45, 2.75) is 0 Å². The summed E-state index contributed by atoms with van der Waals surface area (Å²) >= 11 is 0. The molecule has 12 rings (SSSR count). The van der Waals surface area contributed by atoms with E-state index in [1.807, 2.05) is 36.4 Å². The molecule has 0 aliphatic heterocycles. The Morgan fingerprint density at radius 2 is 0.875 bits per heavy atom. The van der Waals surface area contributed by atoms with Crippen molar-refractivity contribution in [3.8, 4) is 22.3 Å². The van der Waals surface area contributed by atoms with Gasteiger partial charge in [0, 0.05) is 43.6 Å². The number of benzene rings is 9. The number of hydrogen-bond acceptors (Lipinski definition) is 4. The Balaban J connectivity index is 1.07. The van der Waals surface area contributed by atoms with Crippen LogP contribution in [0.1, 0.15) is 0 Å². The standard InChI is InChI=1S/C52H31NO3/c1-2-13-32(14-3-1)35-19-10-20-40-43-31-42(36-15-4-5-17-38(36)51(43)56-50(35)40)33-27-29-34(30-28-33)53(44-22-12-26-48-49(44)41-18-7-9-25-47(41)54-48)45-23-11-21-39-37-16-6-8-24-46(37)55-52(39)45/h1-31H. The first kappa shape index (κ1) is 30.9. The summed E-state index contributed by atoms with van der Waals surface area (Å²) in [5.74, 6) is 0. The minimum atomic E-state index is 0.834. The van der Waals surface area contributed by atoms with Gasteiger partial charge in [0.05, 0.1) is 16.8 Å². The molecule has 0 atom stereocenters. The molecule has 0 aliphatic rings. The smallest absolute Gasteiger partial charge is 0.159 e. The molecule has 56 heavy (non-hydrogen) atoms. The van der Waals surface area contributed by atoms with Gasteiger partial charge in [-0.25, -0.2) is 0 Å². The zero-order valence-corrected chi connectivity index (χ0v) is 30.1. The highest BCUT2D eigenvalue weighted by Crippen LogP contribution is 2.47. The van der Waals surface area contributed by atoms with E-state index in [0.717, 1.165) is 116 Å². The Kier molecular flexibility index (Phi) is 6.60. The summed E-state index contributed by atoms with van der Waals surface area (Å²) < 4.78 is 19.8. The molecule has 4 heteroatoms. The van der Waals surface area contributed by atoms with E-state index in [1.165, 1.54) is 0 Å². The van der Waals surface area contributed by atoms with Crippen LogP contribution in [-0.4, -0.2) is 0 Å². The number of fused-ring (bicyclic) bond motifs is 11. The molecule has 0 bridgehead atoms. The molecule has 4 nitrogen and oxygen atoms in total. The van der Waals surface area contributed by atoms with Crippen molar-refractivity contribution in [1.29, 1.82) is 0 Å². The molecule has 3 heterocycles. The lowest BCUT2D eigenvalue weighted by atomic mass is 9.94. The van der Waals surface area contributed by atoms with Crippen LogP contribution >= 0.6 is 0 Å². The van der Waals surface area contributed by atoms with Crippen LogP contribution in [0.2, 0.25) is 0 Å². The zero-order valence-electron chi connectivity index (χ0n) is 30.1. The Bertz CT molecular complexity index is 3480. The van der Waals surface area contributed by atoms with Crippen LogP contribution in [0.4, 0.5) is 17.1 Å². The van der Waals surface area contributed by atoms with E-state index < -0.39 is 0 Å². The Morgan fingerprint density at radius 3 is 1.70 bits per heavy atom. The molecule has 262 valence electrons. The van der Waals surface area contributed by atoms with E-state index in [-0.39, 0.29) is 0 Å². The summed E-state index contributed by atoms with van der Waals surface area (Å²) in [6, 6.07) is 65.9. The van der Waals surface area contributed by atoms with E-state index in [9.17, 15) is 0 Å². The second kappa shape index (κ2) is 12.0. The van der Waals surface area contributed by atoms with Gasteiger partial charge >= 0.3 is 0 Å². The van der Waals surface area contributed by atoms with Crippen LogP contribution in [0.3, 0.4) is 0 Å². The fraction of sp³-hybridized carbons (Fsp3) is 0. The molecule has 12 aromatic rings. The number of rotatable bonds is 5. The second-order valence-electron chi connectivity index (χ2n) is 14.4. The largest absolute Gasteiger partial charge is 0.456 e. The van der Waals surface area contributed by atoms with Gasteiger partial charge in [-0.3, -0.25) is 0 Å². The topological polar surface area (TPSA) is 42.7 Å². The van der Waals surface area contributed by atoms with Gasteiger partial charge in [0.25, 0.3) is 0 Å². The predicted octanol–water partition coefficient (Wildman–Crippen LogP) is 15.3. The predicted molar refractivity (Wildman–Crippen MR) is 231 cm³/mol. The van der Waals surface area contributed by atoms with Gasteiger partial charge in [0.1, 0.15) is 27.9 Å². The van der Waals surface area contributed by atoms with Gasteiger partial charge in [-0.2, -0.15) is 0 Å². The van der Waals surface area contributed by atoms with E-state index in [4.69, 9.17) is 13.3 Å². The molecule has 0 amide bonds. The lowest BCUT2D eigenvalue weighted by Gasteiger charge is -2.26. The third kappa shape index (κ3) is 4.53. The molecule has 0 unspecified atom stereocenters. The first-order chi connectivity index (χ1) is 27.8. The van der Waals surface area contributed by atoms with Gasteiger partial charge < -0.3 is 18.2 Å². The zero-order chi connectivity index (χ0) is 36.7. The molecule has 9 aromatic carbocycles. The van der Waals surface area contributed by atoms with E-state index in [1.54, 1.807) is 0 Å². The molecule has 3 aromatic heterocycles. The summed E-state index contributed by atoms with van der Waals surface area (Å²) in [7, 11) is 0. The van der Waals surface area contributed by atoms with Gasteiger partial charge in [0.2, 0.25) is 0 Å². The monoisotopic (exact) mass is 717 g/mol. The first-order valence-corrected chi connectivity index (χ1v) is 18.9. The molecular weight excluding hydrogens is 687 g/mol. The SMILES string of the molecule is c1ccc(-c2cccc3c2oc2c4ccccc4c(-c4ccc(N(c5cccc6c5oc5ccccc56)c5cccc6oc7ccccc7c56)cc4)cc32)cc1. The Morgan fingerprint density at radius 1 is 0.304 bits per heavy atom. The Labute approximate surface area is 321 Å². The number of hydrogen-bond donors (Lipinski definition) is 0. The van der Waals surface area contributed by atoms with Crippen molar-refractivity contribution >= 4 is 93.7 Å². The summed E-state index contributed by atoms with van der Waals surface area (Å²) in [6.45, 7) is 0. The van der Waals surface area contributed by atoms with Crippen molar-refractivity contribution in [2.24, 2.45) is 0 Å². The highest BCUT2D eigenvalue weighted by molar-refractivity contribution is 6.21. The fourth-order valence-corrected chi connectivity index (χ4v) is 8.75. The summed E-state index contributed by atoms with van der Waals surface area (Å²) in [5.41, 5.74) is 12.7. The molecule has 0 N–H and O–H groups in total. The average Bonchev–Trinajstić information content (AvgIpc) is 3.96. The molecule has 0 radical (unpaired) electrons. The second-order valence-corrected chi connectivity index (χ2v) is 14.4. The normalized spacial score (nSPS) is 11.9. The van der Waals surface area contributed by atoms with Crippen LogP contribution in [0.5, 0.6) is 0 Å². The van der Waals surface area contributed by atoms with Crippen molar-refractivity contribution < 1.29 is 13.3 Å². The number of para-hydroxylation sites is 4. The summed E-state index contributed by atoms with van der Waals surface area (Å²) in [6.07, 6.45) is 0. The molecule has 0 saturated carbocycles. The molecular formula is C52H31NO3. The third-order valence-corrected chi connectivity index (χ3v) is 11.3. The maximum atomic E-state index is 6.78. The van der Waals surface area contributed by atoms with Crippen molar-refractivity contribution in [2.75, 3.05) is 4.90 Å². The minimum absolute atomic E-state index is 0.834. The fourth-order valence-electron chi connectivity index (χ4n) is 8.75. The maximum absolute atomic E-state index is 6.78. The number of furan rings is 3. The highest BCUT2D eigenvalue weighted by atomic mass is 16.3. The van der Waals surface area contributed by atoms with E-state index in [0.29, 0.717) is 0 Å². The Hall–Kier alpha value is -7.56. The van der Waals surface area contributed by atoms with Gasteiger partial charge in [0.15, 0.2) is 5.58 Å². The van der Waals surface area contributed by atoms with Gasteiger partial charge in [-0.15, -0.1) is 0 Å². The van der Waals surface area contributed by atoms with Crippen LogP contribution in [0.25, 0.3) is 98.8 Å². The van der Waals surface area contributed by atoms with Crippen molar-refractivity contribution in [3.05, 3.63) is 188 Å². The van der Waals surface area contributed by atoms with Crippen LogP contribution in [0, 0.1) is 0 Å². The highest BCUT2D eigenvalue weighted by Gasteiger charge is 2.24. The van der Waals surface area contributed by atoms with Crippen molar-refractivity contribution in [1.82, 2.24) is 0 Å². The van der Waals surface area contributed by atoms with Gasteiger partial charge in [-0.05, 0) is 70.6 Å². The van der Waals surface area contributed by atoms with Crippen molar-refractivity contribution in [3.63, 3.8) is 0 Å². The van der Waals surface area contributed by atoms with Gasteiger partial charge in [-0.1, -0.05) is 140 Å². The first-order valence-electron chi connectivity index (χ1n) is 18.9. The lowest BCUT2D eigenvalue weighted by Crippen LogP contribution is -2.10. The van der Waals surface area contributed by atoms with E-state index >= 15 is 0 Å². The molecule has 0 saturated heterocycles. The lowest BCUT2D eigenvalue weighted by molar-refractivity contribution is 0.668. The molecule has 0 fully saturated rings. The molecule has 0 spiro atoms.